The predicted octanol–water partition coefficient (Wildman–Crippen LogP) is 0.818. The molecule has 14 heavy (non-hydrogen) atoms. The van der Waals surface area contributed by atoms with Crippen LogP contribution < -0.4 is 5.73 Å². The third-order valence-corrected chi connectivity index (χ3v) is 2.53. The maximum atomic E-state index is 5.54. The minimum Gasteiger partial charge on any atom is -0.368 e. The lowest BCUT2D eigenvalue weighted by atomic mass is 10.4. The molecule has 0 aromatic carbocycles. The zero-order valence-electron chi connectivity index (χ0n) is 7.72. The highest BCUT2D eigenvalue weighted by molar-refractivity contribution is 5.70. The fraction of sp³-hybridized carbons (Fsp3) is 0.444. The van der Waals surface area contributed by atoms with E-state index in [1.165, 1.54) is 12.8 Å². The average Bonchev–Trinajstić information content (AvgIpc) is 2.90. The van der Waals surface area contributed by atoms with Gasteiger partial charge in [0.15, 0.2) is 5.65 Å². The van der Waals surface area contributed by atoms with Crippen LogP contribution in [0.15, 0.2) is 12.5 Å². The largest absolute Gasteiger partial charge is 0.368 e. The van der Waals surface area contributed by atoms with Crippen LogP contribution in [0.3, 0.4) is 0 Å². The van der Waals surface area contributed by atoms with E-state index in [0.29, 0.717) is 5.95 Å². The Labute approximate surface area is 81.0 Å². The second-order valence-electron chi connectivity index (χ2n) is 3.78. The summed E-state index contributed by atoms with van der Waals surface area (Å²) in [6.45, 7) is 1.01. The van der Waals surface area contributed by atoms with E-state index in [2.05, 4.69) is 19.5 Å². The van der Waals surface area contributed by atoms with E-state index in [4.69, 9.17) is 5.73 Å². The third kappa shape index (κ3) is 1.21. The first-order chi connectivity index (χ1) is 6.83. The van der Waals surface area contributed by atoms with Crippen molar-refractivity contribution in [2.45, 2.75) is 19.4 Å². The van der Waals surface area contributed by atoms with Crippen LogP contribution in [0.25, 0.3) is 11.2 Å². The van der Waals surface area contributed by atoms with Crippen molar-refractivity contribution in [3.63, 3.8) is 0 Å². The molecule has 0 bridgehead atoms. The topological polar surface area (TPSA) is 69.6 Å². The Morgan fingerprint density at radius 3 is 3.07 bits per heavy atom. The lowest BCUT2D eigenvalue weighted by Crippen LogP contribution is -2.01. The summed E-state index contributed by atoms with van der Waals surface area (Å²) in [5.74, 6) is 1.12. The van der Waals surface area contributed by atoms with E-state index in [1.54, 1.807) is 6.20 Å². The summed E-state index contributed by atoms with van der Waals surface area (Å²) < 4.78 is 2.06. The molecule has 1 fully saturated rings. The number of rotatable bonds is 2. The first-order valence-electron chi connectivity index (χ1n) is 4.76. The Bertz CT molecular complexity index is 471. The molecule has 3 rings (SSSR count). The van der Waals surface area contributed by atoms with Gasteiger partial charge in [-0.15, -0.1) is 0 Å². The Kier molecular flexibility index (Phi) is 1.47. The minimum absolute atomic E-state index is 0.315. The number of nitrogens with two attached hydrogens (primary N) is 1. The number of hydrogen-bond acceptors (Lipinski definition) is 4. The van der Waals surface area contributed by atoms with Gasteiger partial charge in [-0.1, -0.05) is 0 Å². The van der Waals surface area contributed by atoms with E-state index >= 15 is 0 Å². The maximum Gasteiger partial charge on any atom is 0.222 e. The third-order valence-electron chi connectivity index (χ3n) is 2.53. The SMILES string of the molecule is Nc1ncc2ncn(CC3CC3)c2n1. The van der Waals surface area contributed by atoms with Gasteiger partial charge in [0.2, 0.25) is 5.95 Å². The van der Waals surface area contributed by atoms with Crippen molar-refractivity contribution >= 4 is 17.1 Å². The Morgan fingerprint density at radius 1 is 1.43 bits per heavy atom. The first kappa shape index (κ1) is 7.73. The molecule has 2 N–H and O–H groups in total. The second kappa shape index (κ2) is 2.67. The van der Waals surface area contributed by atoms with E-state index in [1.807, 2.05) is 6.33 Å². The van der Waals surface area contributed by atoms with Crippen molar-refractivity contribution < 1.29 is 0 Å². The molecule has 0 atom stereocenters. The molecule has 0 saturated heterocycles. The van der Waals surface area contributed by atoms with E-state index < -0.39 is 0 Å². The van der Waals surface area contributed by atoms with Gasteiger partial charge in [0.25, 0.3) is 0 Å². The molecule has 2 heterocycles. The highest BCUT2D eigenvalue weighted by Crippen LogP contribution is 2.31. The fourth-order valence-corrected chi connectivity index (χ4v) is 1.58. The molecule has 0 spiro atoms. The molecule has 0 unspecified atom stereocenters. The molecule has 2 aromatic heterocycles. The summed E-state index contributed by atoms with van der Waals surface area (Å²) in [6.07, 6.45) is 6.12. The summed E-state index contributed by atoms with van der Waals surface area (Å²) in [7, 11) is 0. The van der Waals surface area contributed by atoms with Crippen LogP contribution in [0.5, 0.6) is 0 Å². The van der Waals surface area contributed by atoms with Gasteiger partial charge in [-0.3, -0.25) is 0 Å². The first-order valence-corrected chi connectivity index (χ1v) is 4.76. The van der Waals surface area contributed by atoms with Crippen LogP contribution in [0, 0.1) is 5.92 Å². The monoisotopic (exact) mass is 189 g/mol. The smallest absolute Gasteiger partial charge is 0.222 e. The molecule has 72 valence electrons. The second-order valence-corrected chi connectivity index (χ2v) is 3.78. The molecule has 1 aliphatic rings. The molecule has 1 aliphatic carbocycles. The molecular weight excluding hydrogens is 178 g/mol. The van der Waals surface area contributed by atoms with E-state index in [-0.39, 0.29) is 0 Å². The van der Waals surface area contributed by atoms with Crippen molar-refractivity contribution in [1.29, 1.82) is 0 Å². The zero-order chi connectivity index (χ0) is 9.54. The molecule has 5 nitrogen and oxygen atoms in total. The van der Waals surface area contributed by atoms with Gasteiger partial charge in [0.1, 0.15) is 5.52 Å². The van der Waals surface area contributed by atoms with Crippen LogP contribution in [0.2, 0.25) is 0 Å². The van der Waals surface area contributed by atoms with Crippen LogP contribution in [0.1, 0.15) is 12.8 Å². The quantitative estimate of drug-likeness (QED) is 0.759. The average molecular weight is 189 g/mol. The van der Waals surface area contributed by atoms with Gasteiger partial charge in [0.05, 0.1) is 12.5 Å². The maximum absolute atomic E-state index is 5.54. The molecule has 0 aliphatic heterocycles. The Morgan fingerprint density at radius 2 is 2.29 bits per heavy atom. The van der Waals surface area contributed by atoms with Gasteiger partial charge in [-0.25, -0.2) is 9.97 Å². The van der Waals surface area contributed by atoms with E-state index in [9.17, 15) is 0 Å². The van der Waals surface area contributed by atoms with Crippen molar-refractivity contribution in [3.8, 4) is 0 Å². The lowest BCUT2D eigenvalue weighted by molar-refractivity contribution is 0.638. The number of fused-ring (bicyclic) bond motifs is 1. The summed E-state index contributed by atoms with van der Waals surface area (Å²) in [4.78, 5) is 12.3. The number of nitrogen functional groups attached to an aromatic ring is 1. The van der Waals surface area contributed by atoms with Gasteiger partial charge < -0.3 is 10.3 Å². The van der Waals surface area contributed by atoms with Crippen molar-refractivity contribution in [3.05, 3.63) is 12.5 Å². The molecule has 2 aromatic rings. The zero-order valence-corrected chi connectivity index (χ0v) is 7.72. The van der Waals surface area contributed by atoms with Crippen molar-refractivity contribution in [2.24, 2.45) is 5.92 Å². The number of nitrogens with zero attached hydrogens (tertiary/aromatic N) is 4. The molecule has 1 saturated carbocycles. The number of aromatic nitrogens is 4. The summed E-state index contributed by atoms with van der Waals surface area (Å²) in [6, 6.07) is 0. The number of anilines is 1. The van der Waals surface area contributed by atoms with Crippen LogP contribution in [0.4, 0.5) is 5.95 Å². The fourth-order valence-electron chi connectivity index (χ4n) is 1.58. The molecular formula is C9H11N5. The predicted molar refractivity (Wildman–Crippen MR) is 52.5 cm³/mol. The Balaban J connectivity index is 2.08. The van der Waals surface area contributed by atoms with Crippen LogP contribution >= 0.6 is 0 Å². The molecule has 0 amide bonds. The van der Waals surface area contributed by atoms with E-state index in [0.717, 1.165) is 23.6 Å². The summed E-state index contributed by atoms with van der Waals surface area (Å²) >= 11 is 0. The van der Waals surface area contributed by atoms with Crippen LogP contribution in [-0.2, 0) is 6.54 Å². The highest BCUT2D eigenvalue weighted by Gasteiger charge is 2.22. The van der Waals surface area contributed by atoms with Gasteiger partial charge in [-0.2, -0.15) is 4.98 Å². The summed E-state index contributed by atoms with van der Waals surface area (Å²) in [5.41, 5.74) is 7.21. The molecule has 5 heteroatoms. The standard InChI is InChI=1S/C9H11N5/c10-9-11-3-7-8(13-9)14(5-12-7)4-6-1-2-6/h3,5-6H,1-2,4H2,(H2,10,11,13). The van der Waals surface area contributed by atoms with Gasteiger partial charge in [-0.05, 0) is 18.8 Å². The number of imidazole rings is 1. The van der Waals surface area contributed by atoms with Crippen LogP contribution in [-0.4, -0.2) is 19.5 Å². The molecule has 0 radical (unpaired) electrons. The van der Waals surface area contributed by atoms with Gasteiger partial charge in [0, 0.05) is 6.54 Å². The summed E-state index contributed by atoms with van der Waals surface area (Å²) in [5, 5.41) is 0. The Hall–Kier alpha value is -1.65. The minimum atomic E-state index is 0.315. The normalized spacial score (nSPS) is 16.3. The number of hydrogen-bond donors (Lipinski definition) is 1. The highest BCUT2D eigenvalue weighted by atomic mass is 15.1. The van der Waals surface area contributed by atoms with Gasteiger partial charge >= 0.3 is 0 Å². The van der Waals surface area contributed by atoms with Crippen molar-refractivity contribution in [1.82, 2.24) is 19.5 Å². The lowest BCUT2D eigenvalue weighted by Gasteiger charge is -2.00. The van der Waals surface area contributed by atoms with Crippen molar-refractivity contribution in [2.75, 3.05) is 5.73 Å².